The lowest BCUT2D eigenvalue weighted by Crippen LogP contribution is -2.39. The van der Waals surface area contributed by atoms with Crippen molar-refractivity contribution in [3.05, 3.63) is 26.7 Å². The Labute approximate surface area is 177 Å². The lowest BCUT2D eigenvalue weighted by Gasteiger charge is -2.31. The topological polar surface area (TPSA) is 93.0 Å². The van der Waals surface area contributed by atoms with Gasteiger partial charge in [-0.05, 0) is 31.1 Å². The SMILES string of the molecule is CCCCn1c(=O)[nH]c(=O)c2c1nc(CCC(=O)N1CCCC(C)C1)n2CC(C)C. The summed E-state index contributed by atoms with van der Waals surface area (Å²) in [5, 5.41) is 0. The number of carbonyl (C=O) groups excluding carboxylic acids is 1. The van der Waals surface area contributed by atoms with Crippen LogP contribution in [-0.4, -0.2) is 43.0 Å². The van der Waals surface area contributed by atoms with Crippen LogP contribution in [0.4, 0.5) is 0 Å². The number of hydrogen-bond donors (Lipinski definition) is 1. The van der Waals surface area contributed by atoms with Gasteiger partial charge in [-0.1, -0.05) is 34.1 Å². The third kappa shape index (κ3) is 4.84. The molecular formula is C22H35N5O3. The van der Waals surface area contributed by atoms with Crippen molar-refractivity contribution in [3.8, 4) is 0 Å². The van der Waals surface area contributed by atoms with Crippen molar-refractivity contribution in [1.82, 2.24) is 24.0 Å². The van der Waals surface area contributed by atoms with E-state index in [4.69, 9.17) is 4.98 Å². The van der Waals surface area contributed by atoms with Crippen LogP contribution in [-0.2, 0) is 24.3 Å². The number of H-pyrrole nitrogens is 1. The molecule has 1 aliphatic rings. The molecule has 30 heavy (non-hydrogen) atoms. The zero-order valence-electron chi connectivity index (χ0n) is 18.7. The first-order valence-electron chi connectivity index (χ1n) is 11.3. The van der Waals surface area contributed by atoms with Crippen molar-refractivity contribution in [1.29, 1.82) is 0 Å². The Hall–Kier alpha value is -2.38. The zero-order valence-corrected chi connectivity index (χ0v) is 18.7. The summed E-state index contributed by atoms with van der Waals surface area (Å²) in [6, 6.07) is 0. The summed E-state index contributed by atoms with van der Waals surface area (Å²) in [4.78, 5) is 46.9. The third-order valence-electron chi connectivity index (χ3n) is 5.82. The Bertz CT molecular complexity index is 1000. The number of aryl methyl sites for hydroxylation is 2. The van der Waals surface area contributed by atoms with Crippen LogP contribution in [0.5, 0.6) is 0 Å². The van der Waals surface area contributed by atoms with E-state index in [1.807, 2.05) is 9.47 Å². The Morgan fingerprint density at radius 2 is 2.03 bits per heavy atom. The van der Waals surface area contributed by atoms with Crippen LogP contribution in [0.25, 0.3) is 11.2 Å². The van der Waals surface area contributed by atoms with Gasteiger partial charge in [-0.3, -0.25) is 19.1 Å². The van der Waals surface area contributed by atoms with Crippen molar-refractivity contribution < 1.29 is 4.79 Å². The lowest BCUT2D eigenvalue weighted by molar-refractivity contribution is -0.132. The quantitative estimate of drug-likeness (QED) is 0.714. The van der Waals surface area contributed by atoms with Gasteiger partial charge >= 0.3 is 5.69 Å². The molecule has 1 atom stereocenters. The first kappa shape index (κ1) is 22.3. The molecule has 2 aromatic heterocycles. The van der Waals surface area contributed by atoms with E-state index in [9.17, 15) is 14.4 Å². The van der Waals surface area contributed by atoms with Crippen molar-refractivity contribution in [3.63, 3.8) is 0 Å². The second kappa shape index (κ2) is 9.62. The van der Waals surface area contributed by atoms with Crippen molar-refractivity contribution in [2.75, 3.05) is 13.1 Å². The number of piperidine rings is 1. The molecule has 2 aromatic rings. The minimum Gasteiger partial charge on any atom is -0.342 e. The minimum atomic E-state index is -0.417. The minimum absolute atomic E-state index is 0.141. The summed E-state index contributed by atoms with van der Waals surface area (Å²) in [7, 11) is 0. The Morgan fingerprint density at radius 1 is 1.27 bits per heavy atom. The number of carbonyl (C=O) groups is 1. The molecule has 8 heteroatoms. The van der Waals surface area contributed by atoms with E-state index < -0.39 is 11.2 Å². The average molecular weight is 418 g/mol. The van der Waals surface area contributed by atoms with Gasteiger partial charge in [-0.25, -0.2) is 9.78 Å². The van der Waals surface area contributed by atoms with Crippen LogP contribution in [0.1, 0.15) is 65.6 Å². The predicted molar refractivity (Wildman–Crippen MR) is 118 cm³/mol. The summed E-state index contributed by atoms with van der Waals surface area (Å²) in [6.45, 7) is 11.2. The smallest absolute Gasteiger partial charge is 0.330 e. The molecule has 3 rings (SSSR count). The van der Waals surface area contributed by atoms with E-state index in [1.165, 1.54) is 6.42 Å². The monoisotopic (exact) mass is 417 g/mol. The van der Waals surface area contributed by atoms with Crippen LogP contribution in [0.3, 0.4) is 0 Å². The first-order valence-corrected chi connectivity index (χ1v) is 11.3. The maximum Gasteiger partial charge on any atom is 0.330 e. The number of hydrogen-bond acceptors (Lipinski definition) is 4. The molecule has 0 spiro atoms. The maximum atomic E-state index is 12.8. The highest BCUT2D eigenvalue weighted by atomic mass is 16.2. The van der Waals surface area contributed by atoms with Crippen molar-refractivity contribution >= 4 is 17.1 Å². The van der Waals surface area contributed by atoms with E-state index in [2.05, 4.69) is 32.7 Å². The molecule has 0 aromatic carbocycles. The number of nitrogens with zero attached hydrogens (tertiary/aromatic N) is 4. The average Bonchev–Trinajstić information content (AvgIpc) is 3.04. The lowest BCUT2D eigenvalue weighted by atomic mass is 10.00. The van der Waals surface area contributed by atoms with Gasteiger partial charge in [0, 0.05) is 39.0 Å². The summed E-state index contributed by atoms with van der Waals surface area (Å²) >= 11 is 0. The van der Waals surface area contributed by atoms with Gasteiger partial charge in [-0.2, -0.15) is 0 Å². The fourth-order valence-corrected chi connectivity index (χ4v) is 4.29. The molecule has 1 unspecified atom stereocenters. The number of rotatable bonds is 8. The zero-order chi connectivity index (χ0) is 21.8. The van der Waals surface area contributed by atoms with E-state index in [-0.39, 0.29) is 5.91 Å². The number of aromatic amines is 1. The normalized spacial score (nSPS) is 17.2. The van der Waals surface area contributed by atoms with Gasteiger partial charge in [-0.15, -0.1) is 0 Å². The Kier molecular flexibility index (Phi) is 7.15. The molecule has 0 bridgehead atoms. The summed E-state index contributed by atoms with van der Waals surface area (Å²) < 4.78 is 3.47. The van der Waals surface area contributed by atoms with Gasteiger partial charge in [0.05, 0.1) is 0 Å². The summed E-state index contributed by atoms with van der Waals surface area (Å²) in [6.07, 6.45) is 4.83. The number of nitrogens with one attached hydrogen (secondary N) is 1. The van der Waals surface area contributed by atoms with Gasteiger partial charge in [0.15, 0.2) is 11.2 Å². The van der Waals surface area contributed by atoms with E-state index >= 15 is 0 Å². The molecule has 166 valence electrons. The molecule has 1 saturated heterocycles. The Morgan fingerprint density at radius 3 is 2.70 bits per heavy atom. The molecule has 3 heterocycles. The number of likely N-dealkylation sites (tertiary alicyclic amines) is 1. The van der Waals surface area contributed by atoms with E-state index in [0.29, 0.717) is 54.8 Å². The Balaban J connectivity index is 1.94. The molecular weight excluding hydrogens is 382 g/mol. The molecule has 0 saturated carbocycles. The third-order valence-corrected chi connectivity index (χ3v) is 5.82. The predicted octanol–water partition coefficient (Wildman–Crippen LogP) is 2.53. The van der Waals surface area contributed by atoms with Crippen LogP contribution in [0.2, 0.25) is 0 Å². The standard InChI is InChI=1S/C22H35N5O3/c1-5-6-12-26-20-19(21(29)24-22(26)30)27(13-15(2)3)17(23-20)9-10-18(28)25-11-7-8-16(4)14-25/h15-16H,5-14H2,1-4H3,(H,24,29,30). The second-order valence-electron chi connectivity index (χ2n) is 9.06. The highest BCUT2D eigenvalue weighted by Crippen LogP contribution is 2.19. The van der Waals surface area contributed by atoms with Crippen LogP contribution in [0.15, 0.2) is 9.59 Å². The van der Waals surface area contributed by atoms with E-state index in [0.717, 1.165) is 32.4 Å². The first-order chi connectivity index (χ1) is 14.3. The van der Waals surface area contributed by atoms with Crippen molar-refractivity contribution in [2.24, 2.45) is 11.8 Å². The highest BCUT2D eigenvalue weighted by Gasteiger charge is 2.23. The number of aromatic nitrogens is 4. The molecule has 1 N–H and O–H groups in total. The molecule has 1 amide bonds. The summed E-state index contributed by atoms with van der Waals surface area (Å²) in [5.41, 5.74) is 0.0544. The van der Waals surface area contributed by atoms with E-state index in [1.54, 1.807) is 4.57 Å². The highest BCUT2D eigenvalue weighted by molar-refractivity contribution is 5.77. The fraction of sp³-hybridized carbons (Fsp3) is 0.727. The maximum absolute atomic E-state index is 12.8. The van der Waals surface area contributed by atoms with Gasteiger partial charge in [0.25, 0.3) is 5.56 Å². The largest absolute Gasteiger partial charge is 0.342 e. The fourth-order valence-electron chi connectivity index (χ4n) is 4.29. The second-order valence-corrected chi connectivity index (χ2v) is 9.06. The van der Waals surface area contributed by atoms with Crippen LogP contribution >= 0.6 is 0 Å². The number of imidazole rings is 1. The van der Waals surface area contributed by atoms with Gasteiger partial charge in [0.1, 0.15) is 5.82 Å². The number of fused-ring (bicyclic) bond motifs is 1. The van der Waals surface area contributed by atoms with Crippen LogP contribution < -0.4 is 11.2 Å². The molecule has 8 nitrogen and oxygen atoms in total. The van der Waals surface area contributed by atoms with Gasteiger partial charge in [0.2, 0.25) is 5.91 Å². The number of amides is 1. The molecule has 1 aliphatic heterocycles. The van der Waals surface area contributed by atoms with Crippen molar-refractivity contribution in [2.45, 2.75) is 79.3 Å². The molecule has 0 aliphatic carbocycles. The van der Waals surface area contributed by atoms with Crippen LogP contribution in [0, 0.1) is 11.8 Å². The molecule has 1 fully saturated rings. The number of unbranched alkanes of at least 4 members (excludes halogenated alkanes) is 1. The van der Waals surface area contributed by atoms with Gasteiger partial charge < -0.3 is 9.47 Å². The molecule has 0 radical (unpaired) electrons. The summed E-state index contributed by atoms with van der Waals surface area (Å²) in [5.74, 6) is 1.69.